The smallest absolute Gasteiger partial charge is 0.467 e. The number of phosphoric ester groups is 1. The number of carbonyl (C=O) groups excluding carboxylic acids is 1. The van der Waals surface area contributed by atoms with E-state index < -0.39 is 7.82 Å². The number of phosphoric acid groups is 1. The Morgan fingerprint density at radius 2 is 1.56 bits per heavy atom. The Kier molecular flexibility index (Phi) is 10.4. The summed E-state index contributed by atoms with van der Waals surface area (Å²) in [5.41, 5.74) is 0.664. The molecule has 0 bridgehead atoms. The third kappa shape index (κ3) is 9.60. The van der Waals surface area contributed by atoms with Gasteiger partial charge in [-0.05, 0) is 37.1 Å². The van der Waals surface area contributed by atoms with Crippen LogP contribution < -0.4 is 10.1 Å². The maximum atomic E-state index is 12.5. The Bertz CT molecular complexity index is 535. The predicted octanol–water partition coefficient (Wildman–Crippen LogP) is 4.74. The van der Waals surface area contributed by atoms with E-state index in [0.29, 0.717) is 24.7 Å². The van der Waals surface area contributed by atoms with Gasteiger partial charge >= 0.3 is 7.82 Å². The first-order chi connectivity index (χ1) is 12.0. The number of rotatable bonds is 13. The molecule has 1 aromatic carbocycles. The van der Waals surface area contributed by atoms with Crippen molar-refractivity contribution in [1.29, 1.82) is 0 Å². The number of amides is 1. The van der Waals surface area contributed by atoms with Gasteiger partial charge in [-0.3, -0.25) is 13.8 Å². The van der Waals surface area contributed by atoms with E-state index in [-0.39, 0.29) is 12.7 Å². The molecular formula is C17H28NO6P. The molecule has 7 nitrogen and oxygen atoms in total. The van der Waals surface area contributed by atoms with Crippen LogP contribution in [-0.4, -0.2) is 25.9 Å². The first kappa shape index (κ1) is 21.6. The lowest BCUT2D eigenvalue weighted by atomic mass is 10.3. The van der Waals surface area contributed by atoms with E-state index >= 15 is 0 Å². The predicted molar refractivity (Wildman–Crippen MR) is 96.7 cm³/mol. The number of benzene rings is 1. The van der Waals surface area contributed by atoms with Crippen molar-refractivity contribution in [3.63, 3.8) is 0 Å². The van der Waals surface area contributed by atoms with Crippen molar-refractivity contribution in [2.24, 2.45) is 0 Å². The van der Waals surface area contributed by atoms with Crippen LogP contribution in [0.2, 0.25) is 0 Å². The zero-order valence-corrected chi connectivity index (χ0v) is 16.1. The molecule has 0 spiro atoms. The molecule has 0 radical (unpaired) electrons. The van der Waals surface area contributed by atoms with Gasteiger partial charge in [0, 0.05) is 12.6 Å². The Hall–Kier alpha value is -1.40. The van der Waals surface area contributed by atoms with Gasteiger partial charge < -0.3 is 10.1 Å². The SMILES string of the molecule is CCCCOP(=O)(OCCCC)OCOc1ccc(NC(C)=O)cc1. The summed E-state index contributed by atoms with van der Waals surface area (Å²) in [7, 11) is -3.63. The van der Waals surface area contributed by atoms with Crippen molar-refractivity contribution < 1.29 is 27.7 Å². The van der Waals surface area contributed by atoms with Crippen molar-refractivity contribution >= 4 is 19.4 Å². The van der Waals surface area contributed by atoms with Crippen molar-refractivity contribution in [2.75, 3.05) is 25.3 Å². The second-order valence-corrected chi connectivity index (χ2v) is 7.09. The van der Waals surface area contributed by atoms with Gasteiger partial charge in [0.25, 0.3) is 0 Å². The standard InChI is InChI=1S/C17H28NO6P/c1-4-6-12-22-25(20,23-13-7-5-2)24-14-21-17-10-8-16(9-11-17)18-15(3)19/h8-11H,4-7,12-14H2,1-3H3,(H,18,19). The molecule has 0 saturated carbocycles. The fraction of sp³-hybridized carbons (Fsp3) is 0.588. The van der Waals surface area contributed by atoms with E-state index in [1.54, 1.807) is 24.3 Å². The van der Waals surface area contributed by atoms with Gasteiger partial charge in [0.2, 0.25) is 5.91 Å². The molecule has 0 fully saturated rings. The maximum absolute atomic E-state index is 12.5. The van der Waals surface area contributed by atoms with Crippen LogP contribution in [-0.2, 0) is 22.9 Å². The molecule has 25 heavy (non-hydrogen) atoms. The number of nitrogens with one attached hydrogen (secondary N) is 1. The largest absolute Gasteiger partial charge is 0.477 e. The molecule has 1 N–H and O–H groups in total. The number of hydrogen-bond donors (Lipinski definition) is 1. The molecule has 0 heterocycles. The van der Waals surface area contributed by atoms with Crippen LogP contribution in [0.3, 0.4) is 0 Å². The summed E-state index contributed by atoms with van der Waals surface area (Å²) in [6.45, 7) is 5.83. The van der Waals surface area contributed by atoms with Gasteiger partial charge in [-0.2, -0.15) is 0 Å². The molecule has 0 aliphatic rings. The van der Waals surface area contributed by atoms with Crippen LogP contribution in [0.25, 0.3) is 0 Å². The third-order valence-corrected chi connectivity index (χ3v) is 4.52. The highest BCUT2D eigenvalue weighted by molar-refractivity contribution is 7.48. The molecule has 142 valence electrons. The average molecular weight is 373 g/mol. The maximum Gasteiger partial charge on any atom is 0.477 e. The summed E-state index contributed by atoms with van der Waals surface area (Å²) in [5.74, 6) is 0.370. The molecule has 0 saturated heterocycles. The Morgan fingerprint density at radius 1 is 1.00 bits per heavy atom. The molecule has 0 aromatic heterocycles. The topological polar surface area (TPSA) is 83.1 Å². The number of carbonyl (C=O) groups is 1. The highest BCUT2D eigenvalue weighted by Crippen LogP contribution is 2.49. The van der Waals surface area contributed by atoms with Crippen LogP contribution in [0.5, 0.6) is 5.75 Å². The van der Waals surface area contributed by atoms with Crippen LogP contribution in [0, 0.1) is 0 Å². The van der Waals surface area contributed by atoms with Crippen molar-refractivity contribution in [3.8, 4) is 5.75 Å². The van der Waals surface area contributed by atoms with E-state index in [1.807, 2.05) is 13.8 Å². The zero-order valence-electron chi connectivity index (χ0n) is 15.2. The monoisotopic (exact) mass is 373 g/mol. The average Bonchev–Trinajstić information content (AvgIpc) is 2.57. The van der Waals surface area contributed by atoms with Gasteiger partial charge in [-0.15, -0.1) is 0 Å². The second kappa shape index (κ2) is 12.0. The van der Waals surface area contributed by atoms with Crippen LogP contribution >= 0.6 is 7.82 Å². The highest BCUT2D eigenvalue weighted by atomic mass is 31.2. The molecule has 0 atom stereocenters. The summed E-state index contributed by atoms with van der Waals surface area (Å²) < 4.78 is 33.8. The Balaban J connectivity index is 2.48. The van der Waals surface area contributed by atoms with E-state index in [4.69, 9.17) is 18.3 Å². The Labute approximate surface area is 149 Å². The normalized spacial score (nSPS) is 11.3. The quantitative estimate of drug-likeness (QED) is 0.305. The molecule has 1 rings (SSSR count). The second-order valence-electron chi connectivity index (χ2n) is 5.42. The van der Waals surface area contributed by atoms with Crippen LogP contribution in [0.15, 0.2) is 24.3 Å². The minimum absolute atomic E-state index is 0.147. The molecule has 1 aromatic rings. The van der Waals surface area contributed by atoms with E-state index in [0.717, 1.165) is 25.7 Å². The van der Waals surface area contributed by atoms with E-state index in [9.17, 15) is 9.36 Å². The van der Waals surface area contributed by atoms with Crippen molar-refractivity contribution in [2.45, 2.75) is 46.5 Å². The molecule has 0 aliphatic carbocycles. The minimum Gasteiger partial charge on any atom is -0.467 e. The summed E-state index contributed by atoms with van der Waals surface area (Å²) in [5, 5.41) is 2.66. The van der Waals surface area contributed by atoms with Gasteiger partial charge in [-0.1, -0.05) is 26.7 Å². The number of unbranched alkanes of at least 4 members (excludes halogenated alkanes) is 2. The van der Waals surface area contributed by atoms with E-state index in [2.05, 4.69) is 5.32 Å². The van der Waals surface area contributed by atoms with Crippen LogP contribution in [0.1, 0.15) is 46.5 Å². The molecule has 8 heteroatoms. The fourth-order valence-electron chi connectivity index (χ4n) is 1.75. The van der Waals surface area contributed by atoms with Crippen LogP contribution in [0.4, 0.5) is 5.69 Å². The summed E-state index contributed by atoms with van der Waals surface area (Å²) >= 11 is 0. The van der Waals surface area contributed by atoms with Gasteiger partial charge in [0.1, 0.15) is 5.75 Å². The lowest BCUT2D eigenvalue weighted by Crippen LogP contribution is -2.08. The molecule has 1 amide bonds. The minimum atomic E-state index is -3.63. The number of ether oxygens (including phenoxy) is 1. The highest BCUT2D eigenvalue weighted by Gasteiger charge is 2.26. The number of hydrogen-bond acceptors (Lipinski definition) is 6. The van der Waals surface area contributed by atoms with Crippen molar-refractivity contribution in [1.82, 2.24) is 0 Å². The van der Waals surface area contributed by atoms with Gasteiger partial charge in [0.15, 0.2) is 6.79 Å². The fourth-order valence-corrected chi connectivity index (χ4v) is 2.86. The summed E-state index contributed by atoms with van der Waals surface area (Å²) in [6.07, 6.45) is 3.39. The third-order valence-electron chi connectivity index (χ3n) is 3.11. The van der Waals surface area contributed by atoms with Gasteiger partial charge in [-0.25, -0.2) is 9.09 Å². The Morgan fingerprint density at radius 3 is 2.04 bits per heavy atom. The van der Waals surface area contributed by atoms with Crippen molar-refractivity contribution in [3.05, 3.63) is 24.3 Å². The number of anilines is 1. The first-order valence-electron chi connectivity index (χ1n) is 8.53. The lowest BCUT2D eigenvalue weighted by Gasteiger charge is -2.18. The zero-order chi connectivity index (χ0) is 18.5. The van der Waals surface area contributed by atoms with Gasteiger partial charge in [0.05, 0.1) is 13.2 Å². The molecule has 0 unspecified atom stereocenters. The molecule has 0 aliphatic heterocycles. The summed E-state index contributed by atoms with van der Waals surface area (Å²) in [4.78, 5) is 11.0. The summed E-state index contributed by atoms with van der Waals surface area (Å²) in [6, 6.07) is 6.75. The lowest BCUT2D eigenvalue weighted by molar-refractivity contribution is -0.114. The molecular weight excluding hydrogens is 345 g/mol. The van der Waals surface area contributed by atoms with E-state index in [1.165, 1.54) is 6.92 Å². The first-order valence-corrected chi connectivity index (χ1v) is 9.99.